The fourth-order valence-corrected chi connectivity index (χ4v) is 5.07. The Bertz CT molecular complexity index is 627. The van der Waals surface area contributed by atoms with Crippen molar-refractivity contribution in [3.8, 4) is 0 Å². The number of hydrogen-bond donors (Lipinski definition) is 2. The molecule has 0 bridgehead atoms. The van der Waals surface area contributed by atoms with Crippen LogP contribution >= 0.6 is 0 Å². The minimum Gasteiger partial charge on any atom is -0.444 e. The second-order valence-electron chi connectivity index (χ2n) is 8.65. The number of nitrogens with one attached hydrogen (secondary N) is 1. The fourth-order valence-electron chi connectivity index (χ4n) is 5.07. The molecule has 0 aromatic heterocycles. The van der Waals surface area contributed by atoms with E-state index in [1.165, 1.54) is 24.8 Å². The Labute approximate surface area is 156 Å². The summed E-state index contributed by atoms with van der Waals surface area (Å²) in [6.45, 7) is 4.87. The molecule has 4 nitrogen and oxygen atoms in total. The van der Waals surface area contributed by atoms with Crippen LogP contribution in [-0.2, 0) is 0 Å². The number of aliphatic hydroxyl groups excluding tert-OH is 1. The van der Waals surface area contributed by atoms with E-state index < -0.39 is 0 Å². The molecule has 1 aliphatic heterocycles. The molecule has 3 atom stereocenters. The third kappa shape index (κ3) is 3.61. The molecule has 4 N–H and O–H groups in total. The smallest absolute Gasteiger partial charge is 0.161 e. The van der Waals surface area contributed by atoms with E-state index in [-0.39, 0.29) is 12.6 Å². The highest BCUT2D eigenvalue weighted by Crippen LogP contribution is 2.50. The molecule has 1 saturated heterocycles. The maximum Gasteiger partial charge on any atom is 0.161 e. The normalized spacial score (nSPS) is 29.3. The Hall–Kier alpha value is -1.20. The lowest BCUT2D eigenvalue weighted by atomic mass is 9.60. The first kappa shape index (κ1) is 18.2. The summed E-state index contributed by atoms with van der Waals surface area (Å²) in [4.78, 5) is 2.29. The average molecular weight is 358 g/mol. The van der Waals surface area contributed by atoms with Crippen LogP contribution in [0.15, 0.2) is 35.9 Å². The molecule has 26 heavy (non-hydrogen) atoms. The van der Waals surface area contributed by atoms with Crippen LogP contribution in [0.4, 0.5) is 0 Å². The van der Waals surface area contributed by atoms with Crippen LogP contribution in [0.25, 0.3) is 6.08 Å². The lowest BCUT2D eigenvalue weighted by Gasteiger charge is -2.60. The van der Waals surface area contributed by atoms with Crippen LogP contribution in [0, 0.1) is 11.3 Å². The molecule has 3 aliphatic rings. The molecule has 0 amide bonds. The van der Waals surface area contributed by atoms with Crippen molar-refractivity contribution in [2.75, 3.05) is 26.3 Å². The molecule has 4 heteroatoms. The summed E-state index contributed by atoms with van der Waals surface area (Å²) in [7, 11) is 0. The summed E-state index contributed by atoms with van der Waals surface area (Å²) < 4.78 is 0. The van der Waals surface area contributed by atoms with Gasteiger partial charge in [-0.2, -0.15) is 0 Å². The van der Waals surface area contributed by atoms with Gasteiger partial charge in [0, 0.05) is 25.2 Å². The first-order valence-electron chi connectivity index (χ1n) is 10.2. The Morgan fingerprint density at radius 3 is 2.69 bits per heavy atom. The van der Waals surface area contributed by atoms with Gasteiger partial charge in [-0.05, 0) is 42.6 Å². The molecule has 3 fully saturated rings. The van der Waals surface area contributed by atoms with Crippen molar-refractivity contribution in [1.29, 1.82) is 0 Å². The quantitative estimate of drug-likeness (QED) is 0.700. The van der Waals surface area contributed by atoms with Crippen LogP contribution < -0.4 is 5.32 Å². The number of aliphatic hydroxyl groups is 1. The topological polar surface area (TPSA) is 58.4 Å². The van der Waals surface area contributed by atoms with Crippen LogP contribution in [0.5, 0.6) is 0 Å². The van der Waals surface area contributed by atoms with Crippen LogP contribution in [0.2, 0.25) is 0 Å². The third-order valence-electron chi connectivity index (χ3n) is 6.67. The number of hydrogen-bond acceptors (Lipinski definition) is 3. The molecular formula is C22H33N2O2+. The first-order chi connectivity index (χ1) is 12.7. The van der Waals surface area contributed by atoms with Gasteiger partial charge in [0.15, 0.2) is 6.61 Å². The lowest BCUT2D eigenvalue weighted by Crippen LogP contribution is -2.69. The maximum atomic E-state index is 9.33. The molecule has 1 spiro atoms. The number of nitrogens with zero attached hydrogens (tertiary/aromatic N) is 1. The highest BCUT2D eigenvalue weighted by molar-refractivity contribution is 5.54. The molecule has 142 valence electrons. The Kier molecular flexibility index (Phi) is 5.20. The second-order valence-corrected chi connectivity index (χ2v) is 8.65. The zero-order chi connectivity index (χ0) is 18.1. The van der Waals surface area contributed by atoms with Crippen molar-refractivity contribution in [3.63, 3.8) is 0 Å². The van der Waals surface area contributed by atoms with E-state index in [9.17, 15) is 5.11 Å². The number of rotatable bonds is 8. The van der Waals surface area contributed by atoms with Gasteiger partial charge >= 0.3 is 0 Å². The van der Waals surface area contributed by atoms with E-state index in [1.807, 2.05) is 0 Å². The summed E-state index contributed by atoms with van der Waals surface area (Å²) in [5, 5.41) is 20.7. The Morgan fingerprint density at radius 1 is 1.35 bits per heavy atom. The van der Waals surface area contributed by atoms with Crippen molar-refractivity contribution in [1.82, 2.24) is 10.2 Å². The van der Waals surface area contributed by atoms with Gasteiger partial charge in [-0.1, -0.05) is 48.9 Å². The van der Waals surface area contributed by atoms with Gasteiger partial charge in [-0.3, -0.25) is 4.90 Å². The first-order valence-corrected chi connectivity index (χ1v) is 10.2. The van der Waals surface area contributed by atoms with Crippen LogP contribution in [-0.4, -0.2) is 59.5 Å². The summed E-state index contributed by atoms with van der Waals surface area (Å²) >= 11 is 0. The van der Waals surface area contributed by atoms with Gasteiger partial charge in [0.1, 0.15) is 6.04 Å². The summed E-state index contributed by atoms with van der Waals surface area (Å²) in [6.07, 6.45) is 7.35. The van der Waals surface area contributed by atoms with Crippen molar-refractivity contribution in [2.45, 2.75) is 50.7 Å². The van der Waals surface area contributed by atoms with Crippen LogP contribution in [0.1, 0.15) is 38.2 Å². The van der Waals surface area contributed by atoms with Gasteiger partial charge in [0.2, 0.25) is 0 Å². The van der Waals surface area contributed by atoms with Crippen molar-refractivity contribution in [3.05, 3.63) is 41.5 Å². The van der Waals surface area contributed by atoms with E-state index in [2.05, 4.69) is 53.5 Å². The second kappa shape index (κ2) is 7.43. The minimum absolute atomic E-state index is 0.0516. The van der Waals surface area contributed by atoms with E-state index in [1.54, 1.807) is 5.57 Å². The molecule has 1 heterocycles. The molecule has 4 rings (SSSR count). The Balaban J connectivity index is 1.23. The summed E-state index contributed by atoms with van der Waals surface area (Å²) in [5.41, 5.74) is 3.39. The molecule has 1 unspecified atom stereocenters. The van der Waals surface area contributed by atoms with E-state index >= 15 is 0 Å². The van der Waals surface area contributed by atoms with Gasteiger partial charge in [-0.15, -0.1) is 0 Å². The number of benzene rings is 1. The van der Waals surface area contributed by atoms with Gasteiger partial charge in [-0.25, -0.2) is 0 Å². The van der Waals surface area contributed by atoms with Crippen molar-refractivity contribution in [2.24, 2.45) is 11.3 Å². The Morgan fingerprint density at radius 2 is 2.08 bits per heavy atom. The van der Waals surface area contributed by atoms with Crippen molar-refractivity contribution < 1.29 is 10.2 Å². The SMILES string of the molecule is CC/C(=C\c1ccccc1)[C@@H]1C[C@H]1NC1CC2(C1)CN(C(CO)C[OH2+])C2. The molecule has 1 aromatic carbocycles. The number of likely N-dealkylation sites (tertiary alicyclic amines) is 1. The predicted octanol–water partition coefficient (Wildman–Crippen LogP) is 2.01. The molecule has 2 aliphatic carbocycles. The zero-order valence-electron chi connectivity index (χ0n) is 15.8. The monoisotopic (exact) mass is 357 g/mol. The van der Waals surface area contributed by atoms with Crippen molar-refractivity contribution >= 4 is 6.08 Å². The van der Waals surface area contributed by atoms with Crippen LogP contribution in [0.3, 0.4) is 0 Å². The van der Waals surface area contributed by atoms with Gasteiger partial charge in [0.05, 0.1) is 6.61 Å². The van der Waals surface area contributed by atoms with E-state index in [0.29, 0.717) is 24.1 Å². The van der Waals surface area contributed by atoms with E-state index in [4.69, 9.17) is 5.11 Å². The largest absolute Gasteiger partial charge is 0.444 e. The highest BCUT2D eigenvalue weighted by Gasteiger charge is 2.55. The summed E-state index contributed by atoms with van der Waals surface area (Å²) in [5.74, 6) is 0.719. The zero-order valence-corrected chi connectivity index (χ0v) is 15.8. The third-order valence-corrected chi connectivity index (χ3v) is 6.67. The molecular weight excluding hydrogens is 324 g/mol. The maximum absolute atomic E-state index is 9.33. The molecule has 0 radical (unpaired) electrons. The summed E-state index contributed by atoms with van der Waals surface area (Å²) in [6, 6.07) is 12.1. The van der Waals surface area contributed by atoms with E-state index in [0.717, 1.165) is 25.4 Å². The standard InChI is InChI=1S/C22H32N2O2/c1-2-17(8-16-6-4-3-5-7-16)20-9-21(20)23-18-10-22(11-18)14-24(15-22)19(12-25)13-26/h3-8,18-21,23,25-26H,2,9-15H2,1H3/p+1/b17-8+/t20-,21+/m0/s1. The molecule has 1 aromatic rings. The lowest BCUT2D eigenvalue weighted by molar-refractivity contribution is -0.115. The van der Waals surface area contributed by atoms with Gasteiger partial charge < -0.3 is 15.5 Å². The highest BCUT2D eigenvalue weighted by atomic mass is 16.3. The fraction of sp³-hybridized carbons (Fsp3) is 0.636. The minimum atomic E-state index is 0.0516. The predicted molar refractivity (Wildman–Crippen MR) is 106 cm³/mol. The average Bonchev–Trinajstić information content (AvgIpc) is 3.36. The molecule has 2 saturated carbocycles. The van der Waals surface area contributed by atoms with Gasteiger partial charge in [0.25, 0.3) is 0 Å².